The lowest BCUT2D eigenvalue weighted by Gasteiger charge is -2.34. The van der Waals surface area contributed by atoms with Crippen LogP contribution < -0.4 is 4.74 Å². The summed E-state index contributed by atoms with van der Waals surface area (Å²) in [7, 11) is 2.17. The highest BCUT2D eigenvalue weighted by atomic mass is 19.1. The summed E-state index contributed by atoms with van der Waals surface area (Å²) in [5.41, 5.74) is 2.05. The van der Waals surface area contributed by atoms with E-state index < -0.39 is 0 Å². The smallest absolute Gasteiger partial charge is 0.126 e. The largest absolute Gasteiger partial charge is 0.491 e. The van der Waals surface area contributed by atoms with Crippen molar-refractivity contribution < 1.29 is 14.2 Å². The van der Waals surface area contributed by atoms with Crippen molar-refractivity contribution in [2.75, 3.05) is 46.4 Å². The van der Waals surface area contributed by atoms with E-state index in [2.05, 4.69) is 29.0 Å². The van der Waals surface area contributed by atoms with Gasteiger partial charge < -0.3 is 19.6 Å². The number of nitrogens with zero attached hydrogens (tertiary/aromatic N) is 2. The fourth-order valence-electron chi connectivity index (χ4n) is 4.09. The van der Waals surface area contributed by atoms with Gasteiger partial charge in [0.1, 0.15) is 18.2 Å². The van der Waals surface area contributed by atoms with Gasteiger partial charge in [0.05, 0.1) is 6.61 Å². The maximum atomic E-state index is 13.8. The Kier molecular flexibility index (Phi) is 8.47. The molecule has 0 aromatic heterocycles. The van der Waals surface area contributed by atoms with E-state index in [1.807, 2.05) is 24.3 Å². The van der Waals surface area contributed by atoms with Crippen LogP contribution in [0, 0.1) is 11.7 Å². The van der Waals surface area contributed by atoms with Crippen LogP contribution in [-0.2, 0) is 13.0 Å². The average Bonchev–Trinajstić information content (AvgIpc) is 2.73. The van der Waals surface area contributed by atoms with Gasteiger partial charge in [-0.15, -0.1) is 0 Å². The van der Waals surface area contributed by atoms with Crippen LogP contribution in [-0.4, -0.2) is 61.3 Å². The Morgan fingerprint density at radius 2 is 1.93 bits per heavy atom. The number of hydrogen-bond acceptors (Lipinski definition) is 4. The first-order valence-electron chi connectivity index (χ1n) is 10.6. The minimum absolute atomic E-state index is 0.0309. The van der Waals surface area contributed by atoms with Crippen molar-refractivity contribution in [3.05, 3.63) is 65.5 Å². The van der Waals surface area contributed by atoms with Gasteiger partial charge in [0.15, 0.2) is 0 Å². The molecule has 158 valence electrons. The van der Waals surface area contributed by atoms with E-state index in [0.29, 0.717) is 12.5 Å². The maximum absolute atomic E-state index is 13.8. The molecule has 2 aromatic rings. The highest BCUT2D eigenvalue weighted by Gasteiger charge is 2.20. The molecule has 0 saturated carbocycles. The van der Waals surface area contributed by atoms with Crippen LogP contribution in [0.15, 0.2) is 48.5 Å². The predicted octanol–water partition coefficient (Wildman–Crippen LogP) is 3.58. The van der Waals surface area contributed by atoms with Crippen LogP contribution >= 0.6 is 0 Å². The van der Waals surface area contributed by atoms with Crippen molar-refractivity contribution in [3.8, 4) is 5.75 Å². The Hall–Kier alpha value is -1.95. The zero-order valence-corrected chi connectivity index (χ0v) is 17.4. The molecule has 1 fully saturated rings. The molecule has 0 spiro atoms. The lowest BCUT2D eigenvalue weighted by molar-refractivity contribution is 0.153. The SMILES string of the molecule is CN(Cc1cccc(OCCO)c1)CC1CCN(CCc2ccccc2F)CC1. The van der Waals surface area contributed by atoms with Gasteiger partial charge in [-0.2, -0.15) is 0 Å². The molecule has 3 rings (SSSR count). The van der Waals surface area contributed by atoms with Gasteiger partial charge in [-0.25, -0.2) is 4.39 Å². The summed E-state index contributed by atoms with van der Waals surface area (Å²) < 4.78 is 19.3. The van der Waals surface area contributed by atoms with Crippen LogP contribution in [0.25, 0.3) is 0 Å². The van der Waals surface area contributed by atoms with E-state index in [4.69, 9.17) is 9.84 Å². The van der Waals surface area contributed by atoms with Crippen molar-refractivity contribution >= 4 is 0 Å². The molecular weight excluding hydrogens is 367 g/mol. The summed E-state index contributed by atoms with van der Waals surface area (Å²) in [6.45, 7) is 5.46. The number of aliphatic hydroxyl groups is 1. The van der Waals surface area contributed by atoms with E-state index in [-0.39, 0.29) is 12.4 Å². The molecule has 0 amide bonds. The van der Waals surface area contributed by atoms with Crippen LogP contribution in [0.4, 0.5) is 4.39 Å². The molecular formula is C24H33FN2O2. The van der Waals surface area contributed by atoms with Gasteiger partial charge in [-0.05, 0) is 74.6 Å². The Balaban J connectivity index is 1.38. The highest BCUT2D eigenvalue weighted by molar-refractivity contribution is 5.28. The molecule has 1 N–H and O–H groups in total. The molecule has 29 heavy (non-hydrogen) atoms. The second kappa shape index (κ2) is 11.3. The van der Waals surface area contributed by atoms with Crippen molar-refractivity contribution in [1.82, 2.24) is 9.80 Å². The lowest BCUT2D eigenvalue weighted by Crippen LogP contribution is -2.38. The molecule has 0 radical (unpaired) electrons. The average molecular weight is 401 g/mol. The Labute approximate surface area is 173 Å². The van der Waals surface area contributed by atoms with Crippen molar-refractivity contribution in [2.24, 2.45) is 5.92 Å². The summed E-state index contributed by atoms with van der Waals surface area (Å²) in [6.07, 6.45) is 3.18. The van der Waals surface area contributed by atoms with Gasteiger partial charge in [0, 0.05) is 19.6 Å². The number of rotatable bonds is 10. The Morgan fingerprint density at radius 1 is 1.14 bits per heavy atom. The fourth-order valence-corrected chi connectivity index (χ4v) is 4.09. The third kappa shape index (κ3) is 7.11. The molecule has 0 atom stereocenters. The molecule has 1 aliphatic rings. The van der Waals surface area contributed by atoms with E-state index in [0.717, 1.165) is 50.5 Å². The summed E-state index contributed by atoms with van der Waals surface area (Å²) in [5.74, 6) is 1.43. The third-order valence-corrected chi connectivity index (χ3v) is 5.64. The standard InChI is InChI=1S/C24H33FN2O2/c1-26(19-21-5-4-7-23(17-21)29-16-15-28)18-20-9-12-27(13-10-20)14-11-22-6-2-3-8-24(22)25/h2-8,17,20,28H,9-16,18-19H2,1H3. The molecule has 0 aliphatic carbocycles. The second-order valence-corrected chi connectivity index (χ2v) is 8.04. The Bertz CT molecular complexity index is 747. The topological polar surface area (TPSA) is 35.9 Å². The maximum Gasteiger partial charge on any atom is 0.126 e. The fraction of sp³-hybridized carbons (Fsp3) is 0.500. The predicted molar refractivity (Wildman–Crippen MR) is 115 cm³/mol. The number of benzene rings is 2. The molecule has 0 unspecified atom stereocenters. The van der Waals surface area contributed by atoms with Crippen LogP contribution in [0.1, 0.15) is 24.0 Å². The van der Waals surface area contributed by atoms with Gasteiger partial charge in [0.25, 0.3) is 0 Å². The van der Waals surface area contributed by atoms with Gasteiger partial charge in [-0.1, -0.05) is 30.3 Å². The van der Waals surface area contributed by atoms with Gasteiger partial charge in [0.2, 0.25) is 0 Å². The quantitative estimate of drug-likeness (QED) is 0.661. The summed E-state index contributed by atoms with van der Waals surface area (Å²) in [5, 5.41) is 8.89. The number of ether oxygens (including phenoxy) is 1. The highest BCUT2D eigenvalue weighted by Crippen LogP contribution is 2.20. The summed E-state index contributed by atoms with van der Waals surface area (Å²) >= 11 is 0. The number of likely N-dealkylation sites (tertiary alicyclic amines) is 1. The van der Waals surface area contributed by atoms with Crippen LogP contribution in [0.3, 0.4) is 0 Å². The van der Waals surface area contributed by atoms with Gasteiger partial charge in [-0.3, -0.25) is 0 Å². The zero-order chi connectivity index (χ0) is 20.5. The monoisotopic (exact) mass is 400 g/mol. The summed E-state index contributed by atoms with van der Waals surface area (Å²) in [4.78, 5) is 4.84. The second-order valence-electron chi connectivity index (χ2n) is 8.04. The van der Waals surface area contributed by atoms with Crippen molar-refractivity contribution in [2.45, 2.75) is 25.8 Å². The molecule has 2 aromatic carbocycles. The molecule has 5 heteroatoms. The lowest BCUT2D eigenvalue weighted by atomic mass is 9.95. The number of halogens is 1. The van der Waals surface area contributed by atoms with Crippen LogP contribution in [0.2, 0.25) is 0 Å². The molecule has 4 nitrogen and oxygen atoms in total. The normalized spacial score (nSPS) is 15.7. The molecule has 1 aliphatic heterocycles. The first-order chi connectivity index (χ1) is 14.1. The minimum Gasteiger partial charge on any atom is -0.491 e. The molecule has 1 saturated heterocycles. The number of aliphatic hydroxyl groups excluding tert-OH is 1. The van der Waals surface area contributed by atoms with Crippen LogP contribution in [0.5, 0.6) is 5.75 Å². The third-order valence-electron chi connectivity index (χ3n) is 5.64. The van der Waals surface area contributed by atoms with E-state index in [1.54, 1.807) is 12.1 Å². The van der Waals surface area contributed by atoms with Crippen molar-refractivity contribution in [1.29, 1.82) is 0 Å². The van der Waals surface area contributed by atoms with E-state index in [9.17, 15) is 4.39 Å². The summed E-state index contributed by atoms with van der Waals surface area (Å²) in [6, 6.07) is 15.2. The minimum atomic E-state index is -0.0881. The van der Waals surface area contributed by atoms with E-state index in [1.165, 1.54) is 18.4 Å². The zero-order valence-electron chi connectivity index (χ0n) is 17.4. The Morgan fingerprint density at radius 3 is 2.69 bits per heavy atom. The molecule has 0 bridgehead atoms. The van der Waals surface area contributed by atoms with Gasteiger partial charge >= 0.3 is 0 Å². The number of piperidine rings is 1. The first kappa shape index (κ1) is 21.8. The van der Waals surface area contributed by atoms with E-state index >= 15 is 0 Å². The number of hydrogen-bond donors (Lipinski definition) is 1. The first-order valence-corrected chi connectivity index (χ1v) is 10.6. The van der Waals surface area contributed by atoms with Crippen molar-refractivity contribution in [3.63, 3.8) is 0 Å². The molecule has 1 heterocycles.